The highest BCUT2D eigenvalue weighted by Crippen LogP contribution is 2.29. The van der Waals surface area contributed by atoms with E-state index in [0.29, 0.717) is 30.3 Å². The Morgan fingerprint density at radius 2 is 1.76 bits per heavy atom. The van der Waals surface area contributed by atoms with Gasteiger partial charge in [-0.05, 0) is 36.4 Å². The van der Waals surface area contributed by atoms with Crippen molar-refractivity contribution in [1.29, 1.82) is 0 Å². The van der Waals surface area contributed by atoms with Crippen molar-refractivity contribution in [2.75, 3.05) is 46.9 Å². The monoisotopic (exact) mass is 397 g/mol. The number of rotatable bonds is 6. The van der Waals surface area contributed by atoms with Crippen molar-refractivity contribution in [3.05, 3.63) is 58.5 Å². The summed E-state index contributed by atoms with van der Waals surface area (Å²) in [6, 6.07) is 10.3. The van der Waals surface area contributed by atoms with Gasteiger partial charge in [0.2, 0.25) is 0 Å². The normalized spacial score (nSPS) is 15.3. The second kappa shape index (κ2) is 9.43. The third-order valence-corrected chi connectivity index (χ3v) is 5.12. The number of nitrogens with zero attached hydrogens (tertiary/aromatic N) is 3. The maximum Gasteiger partial charge on any atom is 0.271 e. The summed E-state index contributed by atoms with van der Waals surface area (Å²) in [5.74, 6) is 0.999. The topological polar surface area (TPSA) is 64.0 Å². The minimum absolute atomic E-state index is 0.163. The molecule has 2 aromatic rings. The van der Waals surface area contributed by atoms with Crippen LogP contribution in [0.3, 0.4) is 0 Å². The average molecular weight is 397 g/mol. The van der Waals surface area contributed by atoms with E-state index in [1.165, 1.54) is 10.6 Å². The van der Waals surface area contributed by atoms with E-state index in [9.17, 15) is 9.59 Å². The molecule has 0 aliphatic carbocycles. The van der Waals surface area contributed by atoms with Crippen LogP contribution >= 0.6 is 0 Å². The number of hydrogen-bond acceptors (Lipinski definition) is 5. The quantitative estimate of drug-likeness (QED) is 0.698. The van der Waals surface area contributed by atoms with Crippen LogP contribution in [0, 0.1) is 0 Å². The van der Waals surface area contributed by atoms with Crippen LogP contribution in [0.4, 0.5) is 0 Å². The number of benzene rings is 1. The molecule has 7 nitrogen and oxygen atoms in total. The van der Waals surface area contributed by atoms with Gasteiger partial charge in [0.1, 0.15) is 5.70 Å². The minimum Gasteiger partial charge on any atom is -0.493 e. The first kappa shape index (κ1) is 20.7. The second-order valence-corrected chi connectivity index (χ2v) is 6.78. The summed E-state index contributed by atoms with van der Waals surface area (Å²) in [7, 11) is 3.13. The molecule has 1 aromatic carbocycles. The van der Waals surface area contributed by atoms with E-state index in [1.54, 1.807) is 55.7 Å². The Morgan fingerprint density at radius 1 is 1.03 bits per heavy atom. The van der Waals surface area contributed by atoms with Gasteiger partial charge in [-0.15, -0.1) is 0 Å². The van der Waals surface area contributed by atoms with Crippen molar-refractivity contribution in [1.82, 2.24) is 14.4 Å². The Labute approximate surface area is 170 Å². The number of aromatic nitrogens is 1. The van der Waals surface area contributed by atoms with Crippen molar-refractivity contribution < 1.29 is 14.3 Å². The lowest BCUT2D eigenvalue weighted by atomic mass is 10.1. The van der Waals surface area contributed by atoms with Crippen molar-refractivity contribution in [3.8, 4) is 11.5 Å². The first-order valence-corrected chi connectivity index (χ1v) is 9.70. The first-order chi connectivity index (χ1) is 14.1. The number of ether oxygens (including phenoxy) is 2. The number of amides is 1. The smallest absolute Gasteiger partial charge is 0.271 e. The average Bonchev–Trinajstić information content (AvgIpc) is 2.77. The standard InChI is InChI=1S/C22H27N3O4/c1-4-23-11-13-24(14-12-23)22(27)18(25-10-6-5-7-21(25)26)15-17-8-9-19(28-2)20(16-17)29-3/h5-10,15-16H,4,11-14H2,1-3H3/b18-15+. The number of carbonyl (C=O) groups excluding carboxylic acids is 1. The fourth-order valence-corrected chi connectivity index (χ4v) is 3.39. The minimum atomic E-state index is -0.250. The molecule has 29 heavy (non-hydrogen) atoms. The molecule has 1 aliphatic heterocycles. The summed E-state index contributed by atoms with van der Waals surface area (Å²) in [4.78, 5) is 29.9. The summed E-state index contributed by atoms with van der Waals surface area (Å²) in [6.45, 7) is 6.01. The molecule has 3 rings (SSSR count). The molecule has 1 saturated heterocycles. The van der Waals surface area contributed by atoms with Gasteiger partial charge >= 0.3 is 0 Å². The van der Waals surface area contributed by atoms with Crippen LogP contribution in [0.2, 0.25) is 0 Å². The Morgan fingerprint density at radius 3 is 2.38 bits per heavy atom. The molecule has 1 aliphatic rings. The van der Waals surface area contributed by atoms with Gasteiger partial charge < -0.3 is 19.3 Å². The van der Waals surface area contributed by atoms with Gasteiger partial charge in [-0.1, -0.05) is 19.1 Å². The molecule has 154 valence electrons. The molecule has 1 aromatic heterocycles. The van der Waals surface area contributed by atoms with Gasteiger partial charge in [0.15, 0.2) is 11.5 Å². The zero-order chi connectivity index (χ0) is 20.8. The summed E-state index contributed by atoms with van der Waals surface area (Å²) < 4.78 is 12.0. The largest absolute Gasteiger partial charge is 0.493 e. The highest BCUT2D eigenvalue weighted by Gasteiger charge is 2.24. The van der Waals surface area contributed by atoms with Gasteiger partial charge in [-0.25, -0.2) is 0 Å². The van der Waals surface area contributed by atoms with Crippen molar-refractivity contribution in [2.45, 2.75) is 6.92 Å². The van der Waals surface area contributed by atoms with E-state index in [4.69, 9.17) is 9.47 Å². The molecule has 7 heteroatoms. The molecule has 1 amide bonds. The fraction of sp³-hybridized carbons (Fsp3) is 0.364. The summed E-state index contributed by atoms with van der Waals surface area (Å²) in [6.07, 6.45) is 3.34. The number of pyridine rings is 1. The Balaban J connectivity index is 2.00. The third-order valence-electron chi connectivity index (χ3n) is 5.12. The Hall–Kier alpha value is -3.06. The lowest BCUT2D eigenvalue weighted by Crippen LogP contribution is -2.49. The summed E-state index contributed by atoms with van der Waals surface area (Å²) >= 11 is 0. The van der Waals surface area contributed by atoms with Crippen molar-refractivity contribution >= 4 is 17.7 Å². The lowest BCUT2D eigenvalue weighted by molar-refractivity contribution is -0.127. The van der Waals surface area contributed by atoms with E-state index in [1.807, 2.05) is 6.07 Å². The molecule has 1 fully saturated rings. The SMILES string of the molecule is CCN1CCN(C(=O)/C(=C\c2ccc(OC)c(OC)c2)n2ccccc2=O)CC1. The number of carbonyl (C=O) groups is 1. The maximum absolute atomic E-state index is 13.4. The van der Waals surface area contributed by atoms with Gasteiger partial charge in [-0.2, -0.15) is 0 Å². The van der Waals surface area contributed by atoms with Crippen LogP contribution in [0.15, 0.2) is 47.4 Å². The Kier molecular flexibility index (Phi) is 6.72. The molecule has 0 atom stereocenters. The van der Waals surface area contributed by atoms with Crippen LogP contribution in [-0.4, -0.2) is 67.2 Å². The zero-order valence-corrected chi connectivity index (χ0v) is 17.1. The molecule has 0 radical (unpaired) electrons. The molecule has 0 spiro atoms. The van der Waals surface area contributed by atoms with Gasteiger partial charge in [-0.3, -0.25) is 14.2 Å². The summed E-state index contributed by atoms with van der Waals surface area (Å²) in [5.41, 5.74) is 0.807. The zero-order valence-electron chi connectivity index (χ0n) is 17.1. The molecule has 0 saturated carbocycles. The van der Waals surface area contributed by atoms with Crippen LogP contribution in [0.5, 0.6) is 11.5 Å². The molecule has 2 heterocycles. The molecular weight excluding hydrogens is 370 g/mol. The highest BCUT2D eigenvalue weighted by molar-refractivity contribution is 6.18. The highest BCUT2D eigenvalue weighted by atomic mass is 16.5. The van der Waals surface area contributed by atoms with Gasteiger partial charge in [0, 0.05) is 38.4 Å². The van der Waals surface area contributed by atoms with E-state index >= 15 is 0 Å². The van der Waals surface area contributed by atoms with Gasteiger partial charge in [0.25, 0.3) is 11.5 Å². The molecular formula is C22H27N3O4. The lowest BCUT2D eigenvalue weighted by Gasteiger charge is -2.34. The van der Waals surface area contributed by atoms with E-state index in [2.05, 4.69) is 11.8 Å². The third kappa shape index (κ3) is 4.68. The van der Waals surface area contributed by atoms with Crippen LogP contribution in [-0.2, 0) is 4.79 Å². The molecule has 0 unspecified atom stereocenters. The molecule has 0 N–H and O–H groups in total. The predicted molar refractivity (Wildman–Crippen MR) is 113 cm³/mol. The number of methoxy groups -OCH3 is 2. The molecule has 0 bridgehead atoms. The van der Waals surface area contributed by atoms with Gasteiger partial charge in [0.05, 0.1) is 14.2 Å². The number of likely N-dealkylation sites (N-methyl/N-ethyl adjacent to an activating group) is 1. The van der Waals surface area contributed by atoms with E-state index in [0.717, 1.165) is 25.2 Å². The predicted octanol–water partition coefficient (Wildman–Crippen LogP) is 2.03. The van der Waals surface area contributed by atoms with E-state index in [-0.39, 0.29) is 11.5 Å². The number of hydrogen-bond donors (Lipinski definition) is 0. The van der Waals surface area contributed by atoms with Crippen LogP contribution in [0.1, 0.15) is 12.5 Å². The second-order valence-electron chi connectivity index (χ2n) is 6.78. The number of piperazine rings is 1. The van der Waals surface area contributed by atoms with Crippen molar-refractivity contribution in [3.63, 3.8) is 0 Å². The van der Waals surface area contributed by atoms with Crippen LogP contribution < -0.4 is 15.0 Å². The van der Waals surface area contributed by atoms with Crippen LogP contribution in [0.25, 0.3) is 11.8 Å². The maximum atomic E-state index is 13.4. The van der Waals surface area contributed by atoms with Crippen molar-refractivity contribution in [2.24, 2.45) is 0 Å². The Bertz CT molecular complexity index is 943. The van der Waals surface area contributed by atoms with E-state index < -0.39 is 0 Å². The summed E-state index contributed by atoms with van der Waals surface area (Å²) in [5, 5.41) is 0. The first-order valence-electron chi connectivity index (χ1n) is 9.70. The fourth-order valence-electron chi connectivity index (χ4n) is 3.39.